The third kappa shape index (κ3) is 3.41. The molecule has 14 heavy (non-hydrogen) atoms. The van der Waals surface area contributed by atoms with Crippen LogP contribution in [0.15, 0.2) is 24.3 Å². The first-order valence-electron chi connectivity index (χ1n) is 3.79. The average Bonchev–Trinajstić information content (AvgIpc) is 2.02. The molecule has 4 nitrogen and oxygen atoms in total. The lowest BCUT2D eigenvalue weighted by molar-refractivity contribution is 0.201. The molecule has 6 heteroatoms. The second-order valence-corrected chi connectivity index (χ2v) is 3.77. The van der Waals surface area contributed by atoms with Crippen molar-refractivity contribution in [3.05, 3.63) is 35.6 Å². The van der Waals surface area contributed by atoms with Gasteiger partial charge in [-0.2, -0.15) is 8.42 Å². The summed E-state index contributed by atoms with van der Waals surface area (Å²) >= 11 is 0. The van der Waals surface area contributed by atoms with Crippen molar-refractivity contribution in [1.29, 1.82) is 0 Å². The number of hydrogen-bond acceptors (Lipinski definition) is 3. The number of halogens is 1. The molecular formula is C8H9FO4S. The van der Waals surface area contributed by atoms with Crippen molar-refractivity contribution in [2.75, 3.05) is 0 Å². The van der Waals surface area contributed by atoms with E-state index in [0.29, 0.717) is 5.56 Å². The Labute approximate surface area is 81.3 Å². The van der Waals surface area contributed by atoms with Crippen molar-refractivity contribution >= 4 is 10.4 Å². The van der Waals surface area contributed by atoms with E-state index in [0.717, 1.165) is 0 Å². The third-order valence-electron chi connectivity index (χ3n) is 1.61. The molecule has 0 bridgehead atoms. The summed E-state index contributed by atoms with van der Waals surface area (Å²) in [5, 5.41) is 0. The molecular weight excluding hydrogens is 211 g/mol. The van der Waals surface area contributed by atoms with Crippen molar-refractivity contribution in [3.63, 3.8) is 0 Å². The minimum Gasteiger partial charge on any atom is -0.264 e. The van der Waals surface area contributed by atoms with Gasteiger partial charge in [0, 0.05) is 0 Å². The van der Waals surface area contributed by atoms with Gasteiger partial charge in [-0.25, -0.2) is 8.57 Å². The second-order valence-electron chi connectivity index (χ2n) is 2.72. The first-order chi connectivity index (χ1) is 6.38. The minimum atomic E-state index is -4.48. The maximum Gasteiger partial charge on any atom is 0.397 e. The number of hydrogen-bond donors (Lipinski definition) is 1. The van der Waals surface area contributed by atoms with E-state index in [9.17, 15) is 12.8 Å². The van der Waals surface area contributed by atoms with Gasteiger partial charge in [0.15, 0.2) is 0 Å². The highest BCUT2D eigenvalue weighted by Crippen LogP contribution is 2.18. The van der Waals surface area contributed by atoms with Gasteiger partial charge >= 0.3 is 10.4 Å². The van der Waals surface area contributed by atoms with E-state index in [2.05, 4.69) is 4.18 Å². The van der Waals surface area contributed by atoms with Crippen LogP contribution in [0.2, 0.25) is 0 Å². The molecule has 0 aliphatic heterocycles. The molecule has 0 aliphatic carbocycles. The van der Waals surface area contributed by atoms with E-state index in [1.165, 1.54) is 31.2 Å². The Morgan fingerprint density at radius 1 is 1.36 bits per heavy atom. The molecule has 1 unspecified atom stereocenters. The molecule has 78 valence electrons. The van der Waals surface area contributed by atoms with Crippen molar-refractivity contribution in [2.45, 2.75) is 13.0 Å². The fraction of sp³-hybridized carbons (Fsp3) is 0.250. The summed E-state index contributed by atoms with van der Waals surface area (Å²) in [6.07, 6.45) is -0.842. The highest BCUT2D eigenvalue weighted by Gasteiger charge is 2.13. The van der Waals surface area contributed by atoms with E-state index in [1.807, 2.05) is 0 Å². The predicted molar refractivity (Wildman–Crippen MR) is 47.4 cm³/mol. The van der Waals surface area contributed by atoms with Crippen LogP contribution in [0.3, 0.4) is 0 Å². The Morgan fingerprint density at radius 2 is 1.86 bits per heavy atom. The summed E-state index contributed by atoms with van der Waals surface area (Å²) in [6.45, 7) is 1.43. The molecule has 1 rings (SSSR count). The molecule has 1 aromatic rings. The molecule has 0 heterocycles. The maximum atomic E-state index is 12.5. The largest absolute Gasteiger partial charge is 0.397 e. The average molecular weight is 220 g/mol. The minimum absolute atomic E-state index is 0.423. The first kappa shape index (κ1) is 11.1. The lowest BCUT2D eigenvalue weighted by Gasteiger charge is -2.09. The molecule has 0 radical (unpaired) electrons. The number of rotatable bonds is 3. The Kier molecular flexibility index (Phi) is 3.20. The summed E-state index contributed by atoms with van der Waals surface area (Å²) in [4.78, 5) is 0. The van der Waals surface area contributed by atoms with E-state index >= 15 is 0 Å². The van der Waals surface area contributed by atoms with E-state index in [-0.39, 0.29) is 0 Å². The van der Waals surface area contributed by atoms with Gasteiger partial charge in [0.25, 0.3) is 0 Å². The molecule has 1 aromatic carbocycles. The van der Waals surface area contributed by atoms with E-state index < -0.39 is 22.3 Å². The molecule has 0 aromatic heterocycles. The van der Waals surface area contributed by atoms with Crippen LogP contribution in [0.4, 0.5) is 4.39 Å². The van der Waals surface area contributed by atoms with Crippen LogP contribution in [-0.2, 0) is 14.6 Å². The van der Waals surface area contributed by atoms with Crippen LogP contribution in [-0.4, -0.2) is 13.0 Å². The van der Waals surface area contributed by atoms with E-state index in [4.69, 9.17) is 4.55 Å². The molecule has 0 spiro atoms. The zero-order chi connectivity index (χ0) is 10.8. The standard InChI is InChI=1S/C8H9FO4S/c1-6(13-14(10,11)12)7-2-4-8(9)5-3-7/h2-6H,1H3,(H,10,11,12). The molecule has 1 atom stereocenters. The van der Waals surface area contributed by atoms with Gasteiger partial charge in [-0.15, -0.1) is 0 Å². The summed E-state index contributed by atoms with van der Waals surface area (Å²) < 4.78 is 45.8. The van der Waals surface area contributed by atoms with Crippen LogP contribution in [0.1, 0.15) is 18.6 Å². The monoisotopic (exact) mass is 220 g/mol. The highest BCUT2D eigenvalue weighted by atomic mass is 32.3. The molecule has 0 saturated heterocycles. The lowest BCUT2D eigenvalue weighted by Crippen LogP contribution is -2.07. The summed E-state index contributed by atoms with van der Waals surface area (Å²) in [6, 6.07) is 5.12. The predicted octanol–water partition coefficient (Wildman–Crippen LogP) is 1.71. The first-order valence-corrected chi connectivity index (χ1v) is 5.16. The fourth-order valence-corrected chi connectivity index (χ4v) is 1.45. The van der Waals surface area contributed by atoms with Gasteiger partial charge < -0.3 is 0 Å². The SMILES string of the molecule is CC(OS(=O)(=O)O)c1ccc(F)cc1. The topological polar surface area (TPSA) is 63.6 Å². The van der Waals surface area contributed by atoms with Crippen molar-refractivity contribution in [1.82, 2.24) is 0 Å². The lowest BCUT2D eigenvalue weighted by atomic mass is 10.1. The van der Waals surface area contributed by atoms with E-state index in [1.54, 1.807) is 0 Å². The van der Waals surface area contributed by atoms with Crippen LogP contribution in [0.25, 0.3) is 0 Å². The van der Waals surface area contributed by atoms with Crippen LogP contribution in [0.5, 0.6) is 0 Å². The van der Waals surface area contributed by atoms with Gasteiger partial charge in [-0.3, -0.25) is 4.55 Å². The molecule has 0 saturated carbocycles. The summed E-state index contributed by atoms with van der Waals surface area (Å²) in [7, 11) is -4.48. The summed E-state index contributed by atoms with van der Waals surface area (Å²) in [5.41, 5.74) is 0.462. The molecule has 0 amide bonds. The summed E-state index contributed by atoms with van der Waals surface area (Å²) in [5.74, 6) is -0.423. The van der Waals surface area contributed by atoms with Gasteiger partial charge in [-0.05, 0) is 24.6 Å². The highest BCUT2D eigenvalue weighted by molar-refractivity contribution is 7.80. The zero-order valence-electron chi connectivity index (χ0n) is 7.34. The fourth-order valence-electron chi connectivity index (χ4n) is 0.972. The Bertz CT molecular complexity index is 398. The van der Waals surface area contributed by atoms with Gasteiger partial charge in [0.1, 0.15) is 11.9 Å². The van der Waals surface area contributed by atoms with Crippen LogP contribution >= 0.6 is 0 Å². The van der Waals surface area contributed by atoms with Gasteiger partial charge in [0.05, 0.1) is 0 Å². The molecule has 0 fully saturated rings. The third-order valence-corrected chi connectivity index (χ3v) is 2.14. The molecule has 1 N–H and O–H groups in total. The Morgan fingerprint density at radius 3 is 2.29 bits per heavy atom. The zero-order valence-corrected chi connectivity index (χ0v) is 8.16. The Hall–Kier alpha value is -0.980. The smallest absolute Gasteiger partial charge is 0.264 e. The van der Waals surface area contributed by atoms with Crippen molar-refractivity contribution in [3.8, 4) is 0 Å². The Balaban J connectivity index is 2.80. The maximum absolute atomic E-state index is 12.5. The van der Waals surface area contributed by atoms with Crippen molar-refractivity contribution < 1.29 is 21.5 Å². The second kappa shape index (κ2) is 4.04. The quantitative estimate of drug-likeness (QED) is 0.787. The van der Waals surface area contributed by atoms with Crippen molar-refractivity contribution in [2.24, 2.45) is 0 Å². The normalized spacial score (nSPS) is 13.9. The molecule has 0 aliphatic rings. The van der Waals surface area contributed by atoms with Crippen LogP contribution in [0, 0.1) is 5.82 Å². The van der Waals surface area contributed by atoms with Gasteiger partial charge in [0.2, 0.25) is 0 Å². The number of benzene rings is 1. The van der Waals surface area contributed by atoms with Crippen LogP contribution < -0.4 is 0 Å². The van der Waals surface area contributed by atoms with Gasteiger partial charge in [-0.1, -0.05) is 12.1 Å².